The van der Waals surface area contributed by atoms with Gasteiger partial charge in [0.25, 0.3) is 0 Å². The predicted octanol–water partition coefficient (Wildman–Crippen LogP) is 3.16. The van der Waals surface area contributed by atoms with Gasteiger partial charge < -0.3 is 9.84 Å². The third-order valence-corrected chi connectivity index (χ3v) is 3.86. The van der Waals surface area contributed by atoms with Crippen LogP contribution >= 0.6 is 0 Å². The van der Waals surface area contributed by atoms with Crippen molar-refractivity contribution in [3.8, 4) is 11.8 Å². The lowest BCUT2D eigenvalue weighted by Gasteiger charge is -2.11. The SMILES string of the molecule is N#Cc1cccc(C(O)CCc2ccc3c(c2)CCO3)c1. The maximum Gasteiger partial charge on any atom is 0.122 e. The average Bonchev–Trinajstić information content (AvgIpc) is 3.00. The number of rotatable bonds is 4. The molecule has 0 spiro atoms. The average molecular weight is 279 g/mol. The van der Waals surface area contributed by atoms with E-state index in [1.807, 2.05) is 18.2 Å². The highest BCUT2D eigenvalue weighted by atomic mass is 16.5. The molecule has 21 heavy (non-hydrogen) atoms. The standard InChI is InChI=1S/C18H17NO2/c19-12-14-2-1-3-15(11-14)17(20)6-4-13-5-7-18-16(10-13)8-9-21-18/h1-3,5,7,10-11,17,20H,4,6,8-9H2. The molecule has 0 radical (unpaired) electrons. The molecule has 1 atom stereocenters. The zero-order chi connectivity index (χ0) is 14.7. The van der Waals surface area contributed by atoms with Crippen LogP contribution in [0.15, 0.2) is 42.5 Å². The largest absolute Gasteiger partial charge is 0.493 e. The second-order valence-corrected chi connectivity index (χ2v) is 5.33. The van der Waals surface area contributed by atoms with Crippen molar-refractivity contribution in [1.29, 1.82) is 5.26 Å². The number of nitrogens with zero attached hydrogens (tertiary/aromatic N) is 1. The fourth-order valence-electron chi connectivity index (χ4n) is 2.68. The number of hydrogen-bond donors (Lipinski definition) is 1. The van der Waals surface area contributed by atoms with Gasteiger partial charge in [0.05, 0.1) is 24.3 Å². The number of aliphatic hydroxyl groups is 1. The van der Waals surface area contributed by atoms with Gasteiger partial charge in [-0.25, -0.2) is 0 Å². The summed E-state index contributed by atoms with van der Waals surface area (Å²) in [5.74, 6) is 0.987. The molecule has 3 nitrogen and oxygen atoms in total. The Morgan fingerprint density at radius 3 is 3.00 bits per heavy atom. The lowest BCUT2D eigenvalue weighted by atomic mass is 9.98. The van der Waals surface area contributed by atoms with Crippen molar-refractivity contribution in [1.82, 2.24) is 0 Å². The highest BCUT2D eigenvalue weighted by Crippen LogP contribution is 2.27. The molecule has 0 aromatic heterocycles. The Labute approximate surface area is 124 Å². The van der Waals surface area contributed by atoms with Gasteiger partial charge in [-0.05, 0) is 47.7 Å². The molecule has 1 unspecified atom stereocenters. The van der Waals surface area contributed by atoms with E-state index in [0.29, 0.717) is 12.0 Å². The summed E-state index contributed by atoms with van der Waals surface area (Å²) in [6, 6.07) is 15.5. The summed E-state index contributed by atoms with van der Waals surface area (Å²) in [5, 5.41) is 19.2. The van der Waals surface area contributed by atoms with Gasteiger partial charge >= 0.3 is 0 Å². The van der Waals surface area contributed by atoms with Gasteiger partial charge in [-0.1, -0.05) is 24.3 Å². The van der Waals surface area contributed by atoms with Crippen LogP contribution in [0.1, 0.15) is 34.8 Å². The normalized spacial score (nSPS) is 14.1. The highest BCUT2D eigenvalue weighted by molar-refractivity contribution is 5.40. The molecule has 2 aromatic carbocycles. The van der Waals surface area contributed by atoms with E-state index < -0.39 is 6.10 Å². The molecular weight excluding hydrogens is 262 g/mol. The minimum atomic E-state index is -0.539. The van der Waals surface area contributed by atoms with Gasteiger partial charge in [0.1, 0.15) is 5.75 Å². The summed E-state index contributed by atoms with van der Waals surface area (Å²) >= 11 is 0. The smallest absolute Gasteiger partial charge is 0.122 e. The first-order chi connectivity index (χ1) is 10.3. The molecule has 2 aromatic rings. The number of aryl methyl sites for hydroxylation is 1. The number of nitriles is 1. The van der Waals surface area contributed by atoms with E-state index in [0.717, 1.165) is 30.8 Å². The number of fused-ring (bicyclic) bond motifs is 1. The third-order valence-electron chi connectivity index (χ3n) is 3.86. The molecule has 3 rings (SSSR count). The fourth-order valence-corrected chi connectivity index (χ4v) is 2.68. The molecule has 0 fully saturated rings. The molecule has 3 heteroatoms. The van der Waals surface area contributed by atoms with Crippen LogP contribution in [-0.4, -0.2) is 11.7 Å². The van der Waals surface area contributed by atoms with Gasteiger partial charge in [-0.3, -0.25) is 0 Å². The quantitative estimate of drug-likeness (QED) is 0.935. The van der Waals surface area contributed by atoms with Crippen LogP contribution in [0, 0.1) is 11.3 Å². The van der Waals surface area contributed by atoms with Crippen molar-refractivity contribution in [2.24, 2.45) is 0 Å². The molecule has 0 saturated heterocycles. The van der Waals surface area contributed by atoms with Gasteiger partial charge in [0.15, 0.2) is 0 Å². The molecule has 1 aliphatic rings. The maximum absolute atomic E-state index is 10.3. The number of ether oxygens (including phenoxy) is 1. The highest BCUT2D eigenvalue weighted by Gasteiger charge is 2.13. The van der Waals surface area contributed by atoms with Crippen molar-refractivity contribution in [2.45, 2.75) is 25.4 Å². The lowest BCUT2D eigenvalue weighted by molar-refractivity contribution is 0.168. The molecular formula is C18H17NO2. The second kappa shape index (κ2) is 5.99. The first-order valence-electron chi connectivity index (χ1n) is 7.19. The predicted molar refractivity (Wildman–Crippen MR) is 80.1 cm³/mol. The Kier molecular flexibility index (Phi) is 3.89. The minimum absolute atomic E-state index is 0.539. The van der Waals surface area contributed by atoms with Gasteiger partial charge in [-0.15, -0.1) is 0 Å². The summed E-state index contributed by atoms with van der Waals surface area (Å²) in [7, 11) is 0. The van der Waals surface area contributed by atoms with Crippen molar-refractivity contribution in [2.75, 3.05) is 6.61 Å². The monoisotopic (exact) mass is 279 g/mol. The Morgan fingerprint density at radius 2 is 2.14 bits per heavy atom. The second-order valence-electron chi connectivity index (χ2n) is 5.33. The molecule has 0 aliphatic carbocycles. The number of aliphatic hydroxyl groups excluding tert-OH is 1. The maximum atomic E-state index is 10.3. The summed E-state index contributed by atoms with van der Waals surface area (Å²) in [6.45, 7) is 0.766. The van der Waals surface area contributed by atoms with Gasteiger partial charge in [0, 0.05) is 6.42 Å². The molecule has 1 N–H and O–H groups in total. The van der Waals surface area contributed by atoms with E-state index in [2.05, 4.69) is 18.2 Å². The van der Waals surface area contributed by atoms with Crippen LogP contribution in [0.4, 0.5) is 0 Å². The third kappa shape index (κ3) is 3.07. The van der Waals surface area contributed by atoms with Crippen molar-refractivity contribution >= 4 is 0 Å². The molecule has 0 saturated carbocycles. The van der Waals surface area contributed by atoms with E-state index in [-0.39, 0.29) is 0 Å². The van der Waals surface area contributed by atoms with E-state index in [1.165, 1.54) is 11.1 Å². The fraction of sp³-hybridized carbons (Fsp3) is 0.278. The lowest BCUT2D eigenvalue weighted by Crippen LogP contribution is -2.00. The summed E-state index contributed by atoms with van der Waals surface area (Å²) < 4.78 is 5.49. The summed E-state index contributed by atoms with van der Waals surface area (Å²) in [4.78, 5) is 0. The van der Waals surface area contributed by atoms with Crippen LogP contribution in [0.3, 0.4) is 0 Å². The molecule has 1 heterocycles. The van der Waals surface area contributed by atoms with E-state index in [4.69, 9.17) is 10.00 Å². The minimum Gasteiger partial charge on any atom is -0.493 e. The number of hydrogen-bond acceptors (Lipinski definition) is 3. The Morgan fingerprint density at radius 1 is 1.24 bits per heavy atom. The van der Waals surface area contributed by atoms with Crippen LogP contribution in [0.2, 0.25) is 0 Å². The zero-order valence-corrected chi connectivity index (χ0v) is 11.7. The first kappa shape index (κ1) is 13.7. The Hall–Kier alpha value is -2.31. The first-order valence-corrected chi connectivity index (χ1v) is 7.19. The molecule has 0 bridgehead atoms. The van der Waals surface area contributed by atoms with Crippen molar-refractivity contribution in [3.63, 3.8) is 0 Å². The Bertz CT molecular complexity index is 688. The van der Waals surface area contributed by atoms with Crippen LogP contribution in [0.5, 0.6) is 5.75 Å². The number of benzene rings is 2. The van der Waals surface area contributed by atoms with Crippen LogP contribution < -0.4 is 4.74 Å². The zero-order valence-electron chi connectivity index (χ0n) is 11.7. The topological polar surface area (TPSA) is 53.2 Å². The van der Waals surface area contributed by atoms with Crippen molar-refractivity contribution < 1.29 is 9.84 Å². The van der Waals surface area contributed by atoms with Crippen LogP contribution in [0.25, 0.3) is 0 Å². The van der Waals surface area contributed by atoms with E-state index in [9.17, 15) is 5.11 Å². The molecule has 106 valence electrons. The van der Waals surface area contributed by atoms with Gasteiger partial charge in [-0.2, -0.15) is 5.26 Å². The van der Waals surface area contributed by atoms with Gasteiger partial charge in [0.2, 0.25) is 0 Å². The van der Waals surface area contributed by atoms with E-state index in [1.54, 1.807) is 12.1 Å². The summed E-state index contributed by atoms with van der Waals surface area (Å²) in [5.41, 5.74) is 3.86. The van der Waals surface area contributed by atoms with Crippen molar-refractivity contribution in [3.05, 3.63) is 64.7 Å². The van der Waals surface area contributed by atoms with E-state index >= 15 is 0 Å². The molecule has 0 amide bonds. The van der Waals surface area contributed by atoms with Crippen LogP contribution in [-0.2, 0) is 12.8 Å². The Balaban J connectivity index is 1.65. The summed E-state index contributed by atoms with van der Waals surface area (Å²) in [6.07, 6.45) is 1.89. The molecule has 1 aliphatic heterocycles.